The number of aromatic amines is 2. The van der Waals surface area contributed by atoms with E-state index in [2.05, 4.69) is 49.2 Å². The summed E-state index contributed by atoms with van der Waals surface area (Å²) in [7, 11) is 0. The first kappa shape index (κ1) is 55.7. The molecular weight excluding hydrogens is 1020 g/mol. The van der Waals surface area contributed by atoms with E-state index in [1.807, 2.05) is 184 Å². The number of anilines is 5. The molecule has 5 heterocycles. The zero-order chi connectivity index (χ0) is 57.3. The molecule has 0 saturated carbocycles. The lowest BCUT2D eigenvalue weighted by molar-refractivity contribution is -0.123. The Kier molecular flexibility index (Phi) is 15.6. The number of H-pyrrole nitrogens is 2. The summed E-state index contributed by atoms with van der Waals surface area (Å²) >= 11 is 4.49. The van der Waals surface area contributed by atoms with E-state index in [1.54, 1.807) is 18.2 Å². The fraction of sp³-hybridized carbons (Fsp3) is 0.234. The summed E-state index contributed by atoms with van der Waals surface area (Å²) in [6.45, 7) is 17.7. The Balaban J connectivity index is 1.36. The lowest BCUT2D eigenvalue weighted by Crippen LogP contribution is -2.27. The summed E-state index contributed by atoms with van der Waals surface area (Å²) in [5.41, 5.74) is 9.46. The monoisotopic (exact) mass is 1090 g/mol. The summed E-state index contributed by atoms with van der Waals surface area (Å²) < 4.78 is 6.13. The van der Waals surface area contributed by atoms with Crippen LogP contribution in [0.5, 0.6) is 5.75 Å². The average molecular weight is 1090 g/mol. The van der Waals surface area contributed by atoms with Gasteiger partial charge in [0, 0.05) is 107 Å². The summed E-state index contributed by atoms with van der Waals surface area (Å²) in [5, 5.41) is 15.4. The SMILES string of the molecule is CC(=O)Nc1ccc(OCC(=O)Nc2c3nc(c(-c4ccccc4NC(=O)C(C)(C)C)c4ccc([nH]4)c(-c4ccccc4NC(=O)C(C)(C)C)c4nc(c(-c5ccccc5NC(=O)C(C)(C)C)c5ccc2[nH]5)C=C4)C=C3)c(CS)c1. The number of ether oxygens (including phenoxy) is 1. The number of carbonyl (C=O) groups excluding carboxylic acids is 5. The van der Waals surface area contributed by atoms with E-state index in [-0.39, 0.29) is 29.4 Å². The van der Waals surface area contributed by atoms with Crippen molar-refractivity contribution < 1.29 is 28.7 Å². The maximum Gasteiger partial charge on any atom is 0.262 e. The molecule has 0 radical (unpaired) electrons. The largest absolute Gasteiger partial charge is 0.483 e. The maximum atomic E-state index is 14.4. The minimum absolute atomic E-state index is 0.172. The van der Waals surface area contributed by atoms with E-state index < -0.39 is 28.8 Å². The Bertz CT molecular complexity index is 3820. The average Bonchev–Trinajstić information content (AvgIpc) is 4.28. The van der Waals surface area contributed by atoms with Crippen LogP contribution in [-0.4, -0.2) is 56.1 Å². The molecule has 2 aliphatic heterocycles. The van der Waals surface area contributed by atoms with Gasteiger partial charge >= 0.3 is 0 Å². The van der Waals surface area contributed by atoms with Crippen LogP contribution in [0.3, 0.4) is 0 Å². The zero-order valence-corrected chi connectivity index (χ0v) is 47.4. The number of aromatic nitrogens is 4. The Labute approximate surface area is 470 Å². The maximum absolute atomic E-state index is 14.4. The number of para-hydroxylation sites is 3. The van der Waals surface area contributed by atoms with Gasteiger partial charge in [0.25, 0.3) is 5.91 Å². The van der Waals surface area contributed by atoms with Gasteiger partial charge in [0.1, 0.15) is 5.75 Å². The van der Waals surface area contributed by atoms with E-state index in [4.69, 9.17) is 14.7 Å². The Morgan fingerprint density at radius 1 is 0.487 bits per heavy atom. The second-order valence-electron chi connectivity index (χ2n) is 22.8. The fourth-order valence-corrected chi connectivity index (χ4v) is 9.24. The van der Waals surface area contributed by atoms with Crippen LogP contribution in [0.1, 0.15) is 97.6 Å². The quantitative estimate of drug-likeness (QED) is 0.0550. The van der Waals surface area contributed by atoms with Crippen LogP contribution < -0.4 is 31.3 Å². The molecule has 0 atom stereocenters. The summed E-state index contributed by atoms with van der Waals surface area (Å²) in [4.78, 5) is 85.6. The van der Waals surface area contributed by atoms with Gasteiger partial charge in [-0.05, 0) is 85.0 Å². The van der Waals surface area contributed by atoms with Crippen molar-refractivity contribution >= 4 is 117 Å². The molecule has 9 rings (SSSR count). The van der Waals surface area contributed by atoms with Gasteiger partial charge in [0.15, 0.2) is 6.61 Å². The molecule has 5 amide bonds. The Morgan fingerprint density at radius 3 is 1.29 bits per heavy atom. The number of benzene rings is 4. The summed E-state index contributed by atoms with van der Waals surface area (Å²) in [6.07, 6.45) is 7.55. The molecule has 3 aromatic heterocycles. The van der Waals surface area contributed by atoms with Crippen molar-refractivity contribution in [3.05, 3.63) is 144 Å². The molecule has 0 fully saturated rings. The predicted molar refractivity (Wildman–Crippen MR) is 327 cm³/mol. The third-order valence-electron chi connectivity index (χ3n) is 13.3. The molecule has 0 spiro atoms. The Morgan fingerprint density at radius 2 is 0.875 bits per heavy atom. The van der Waals surface area contributed by atoms with Crippen molar-refractivity contribution in [1.29, 1.82) is 0 Å². The minimum Gasteiger partial charge on any atom is -0.483 e. The zero-order valence-electron chi connectivity index (χ0n) is 46.5. The highest BCUT2D eigenvalue weighted by atomic mass is 32.1. The van der Waals surface area contributed by atoms with Crippen LogP contribution in [0.2, 0.25) is 0 Å². The number of hydrogen-bond acceptors (Lipinski definition) is 9. The van der Waals surface area contributed by atoms with Gasteiger partial charge in [-0.3, -0.25) is 24.0 Å². The van der Waals surface area contributed by atoms with Crippen molar-refractivity contribution in [2.24, 2.45) is 16.2 Å². The number of amides is 5. The molecule has 8 bridgehead atoms. The highest BCUT2D eigenvalue weighted by Gasteiger charge is 2.28. The van der Waals surface area contributed by atoms with Gasteiger partial charge in [0.05, 0.1) is 34.0 Å². The Hall–Kier alpha value is -9.02. The standard InChI is InChI=1S/C64H65N9O6S/c1-36(74)65-38-23-32-53(37(33-38)35-80)79-34-54(75)73-58-51-30-28-49(68-51)56(40-18-12-15-21-43(40)71-60(77)63(5,6)7)47-26-24-45(66-47)55(39-17-11-14-20-42(39)70-59(76)62(2,3)4)46-25-27-48(67-46)57(50-29-31-52(58)69-50)41-19-13-16-22-44(41)72-61(78)64(8,9)10/h11-33,66,69,80H,34-35H2,1-10H3,(H,65,74)(H,70,76)(H,71,77)(H,72,78)(H,73,75). The van der Waals surface area contributed by atoms with E-state index in [1.165, 1.54) is 6.92 Å². The lowest BCUT2D eigenvalue weighted by Gasteiger charge is -2.20. The molecule has 0 unspecified atom stereocenters. The normalized spacial score (nSPS) is 12.2. The minimum atomic E-state index is -0.723. The summed E-state index contributed by atoms with van der Waals surface area (Å²) in [5.74, 6) is -0.572. The second kappa shape index (κ2) is 22.4. The first-order valence-corrected chi connectivity index (χ1v) is 26.9. The number of thiol groups is 1. The molecule has 7 aromatic rings. The van der Waals surface area contributed by atoms with Gasteiger partial charge in [-0.15, -0.1) is 0 Å². The van der Waals surface area contributed by atoms with Crippen LogP contribution in [0.25, 0.3) is 79.8 Å². The van der Waals surface area contributed by atoms with Crippen molar-refractivity contribution in [2.45, 2.75) is 75.0 Å². The van der Waals surface area contributed by atoms with E-state index in [0.29, 0.717) is 118 Å². The number of hydrogen-bond donors (Lipinski definition) is 8. The first-order valence-electron chi connectivity index (χ1n) is 26.3. The number of nitrogens with zero attached hydrogens (tertiary/aromatic N) is 2. The molecule has 80 heavy (non-hydrogen) atoms. The third kappa shape index (κ3) is 12.1. The van der Waals surface area contributed by atoms with Crippen LogP contribution >= 0.6 is 12.6 Å². The van der Waals surface area contributed by atoms with E-state index >= 15 is 0 Å². The molecular formula is C64H65N9O6S. The molecule has 15 nitrogen and oxygen atoms in total. The van der Waals surface area contributed by atoms with Crippen molar-refractivity contribution in [2.75, 3.05) is 33.2 Å². The third-order valence-corrected chi connectivity index (χ3v) is 13.6. The molecule has 0 saturated heterocycles. The number of nitrogens with one attached hydrogen (secondary N) is 7. The summed E-state index contributed by atoms with van der Waals surface area (Å²) in [6, 6.07) is 35.5. The number of carbonyl (C=O) groups is 5. The van der Waals surface area contributed by atoms with Gasteiger partial charge in [-0.2, -0.15) is 12.6 Å². The highest BCUT2D eigenvalue weighted by Crippen LogP contribution is 2.42. The van der Waals surface area contributed by atoms with Gasteiger partial charge in [-0.1, -0.05) is 117 Å². The smallest absolute Gasteiger partial charge is 0.262 e. The number of fused-ring (bicyclic) bond motifs is 8. The molecule has 2 aliphatic rings. The van der Waals surface area contributed by atoms with Crippen molar-refractivity contribution in [1.82, 2.24) is 19.9 Å². The lowest BCUT2D eigenvalue weighted by atomic mass is 9.94. The molecule has 4 aromatic carbocycles. The van der Waals surface area contributed by atoms with Gasteiger partial charge < -0.3 is 41.3 Å². The van der Waals surface area contributed by atoms with Crippen molar-refractivity contribution in [3.63, 3.8) is 0 Å². The molecule has 0 aliphatic carbocycles. The van der Waals surface area contributed by atoms with Gasteiger partial charge in [0.2, 0.25) is 23.6 Å². The van der Waals surface area contributed by atoms with Crippen LogP contribution in [0.15, 0.2) is 115 Å². The van der Waals surface area contributed by atoms with Crippen LogP contribution in [-0.2, 0) is 29.7 Å². The topological polar surface area (TPSA) is 212 Å². The molecule has 7 N–H and O–H groups in total. The second-order valence-corrected chi connectivity index (χ2v) is 23.1. The molecule has 16 heteroatoms. The van der Waals surface area contributed by atoms with E-state index in [9.17, 15) is 24.0 Å². The number of rotatable bonds is 12. The van der Waals surface area contributed by atoms with Crippen LogP contribution in [0, 0.1) is 16.2 Å². The highest BCUT2D eigenvalue weighted by molar-refractivity contribution is 7.79. The van der Waals surface area contributed by atoms with Gasteiger partial charge in [-0.25, -0.2) is 9.97 Å². The van der Waals surface area contributed by atoms with Crippen molar-refractivity contribution in [3.8, 4) is 39.1 Å². The predicted octanol–water partition coefficient (Wildman–Crippen LogP) is 14.0. The first-order chi connectivity index (χ1) is 38.0. The fourth-order valence-electron chi connectivity index (χ4n) is 8.99. The van der Waals surface area contributed by atoms with Crippen LogP contribution in [0.4, 0.5) is 28.4 Å². The van der Waals surface area contributed by atoms with E-state index in [0.717, 1.165) is 0 Å². The molecule has 408 valence electrons.